The van der Waals surface area contributed by atoms with E-state index in [0.29, 0.717) is 19.0 Å². The Bertz CT molecular complexity index is 503. The van der Waals surface area contributed by atoms with Crippen LogP contribution in [0.2, 0.25) is 0 Å². The SMILES string of the molecule is NS(=O)(=O)CCCNC1CSCc2ccccc21. The highest BCUT2D eigenvalue weighted by Crippen LogP contribution is 2.31. The standard InChI is InChI=1S/C12H18N2O2S2/c13-18(15,16)7-3-6-14-12-9-17-8-10-4-1-2-5-11(10)12/h1-2,4-5,12,14H,3,6-9H2,(H2,13,15,16). The second kappa shape index (κ2) is 6.06. The Morgan fingerprint density at radius 1 is 1.39 bits per heavy atom. The third kappa shape index (κ3) is 3.98. The second-order valence-electron chi connectivity index (χ2n) is 4.44. The summed E-state index contributed by atoms with van der Waals surface area (Å²) >= 11 is 1.90. The summed E-state index contributed by atoms with van der Waals surface area (Å²) in [6.45, 7) is 0.677. The van der Waals surface area contributed by atoms with E-state index in [4.69, 9.17) is 5.14 Å². The minimum Gasteiger partial charge on any atom is -0.309 e. The molecule has 0 fully saturated rings. The number of hydrogen-bond donors (Lipinski definition) is 2. The van der Waals surface area contributed by atoms with Crippen LogP contribution in [0.1, 0.15) is 23.6 Å². The van der Waals surface area contributed by atoms with Gasteiger partial charge in [-0.1, -0.05) is 24.3 Å². The predicted molar refractivity (Wildman–Crippen MR) is 75.9 cm³/mol. The number of fused-ring (bicyclic) bond motifs is 1. The molecule has 0 radical (unpaired) electrons. The molecule has 1 aliphatic heterocycles. The van der Waals surface area contributed by atoms with Crippen molar-refractivity contribution >= 4 is 21.8 Å². The summed E-state index contributed by atoms with van der Waals surface area (Å²) in [6.07, 6.45) is 0.558. The lowest BCUT2D eigenvalue weighted by atomic mass is 10.0. The molecule has 0 bridgehead atoms. The Morgan fingerprint density at radius 2 is 2.17 bits per heavy atom. The molecule has 0 saturated heterocycles. The van der Waals surface area contributed by atoms with Crippen LogP contribution in [0, 0.1) is 0 Å². The van der Waals surface area contributed by atoms with Gasteiger partial charge in [0, 0.05) is 17.5 Å². The Labute approximate surface area is 112 Å². The molecule has 1 aromatic rings. The van der Waals surface area contributed by atoms with Gasteiger partial charge in [0.05, 0.1) is 5.75 Å². The zero-order chi connectivity index (χ0) is 13.0. The van der Waals surface area contributed by atoms with Crippen LogP contribution in [0.15, 0.2) is 24.3 Å². The van der Waals surface area contributed by atoms with Crippen molar-refractivity contribution in [2.45, 2.75) is 18.2 Å². The van der Waals surface area contributed by atoms with Crippen LogP contribution in [0.25, 0.3) is 0 Å². The molecular formula is C12H18N2O2S2. The van der Waals surface area contributed by atoms with Gasteiger partial charge in [-0.25, -0.2) is 13.6 Å². The molecule has 0 amide bonds. The van der Waals surface area contributed by atoms with Gasteiger partial charge in [-0.2, -0.15) is 11.8 Å². The van der Waals surface area contributed by atoms with E-state index in [0.717, 1.165) is 11.5 Å². The Balaban J connectivity index is 1.88. The first-order valence-corrected chi connectivity index (χ1v) is 8.83. The molecule has 18 heavy (non-hydrogen) atoms. The van der Waals surface area contributed by atoms with Gasteiger partial charge in [0.2, 0.25) is 10.0 Å². The van der Waals surface area contributed by atoms with Crippen LogP contribution in [-0.2, 0) is 15.8 Å². The predicted octanol–water partition coefficient (Wildman–Crippen LogP) is 1.24. The quantitative estimate of drug-likeness (QED) is 0.799. The van der Waals surface area contributed by atoms with Gasteiger partial charge >= 0.3 is 0 Å². The molecule has 4 nitrogen and oxygen atoms in total. The van der Waals surface area contributed by atoms with Crippen molar-refractivity contribution in [1.82, 2.24) is 5.32 Å². The number of primary sulfonamides is 1. The molecule has 0 aromatic heterocycles. The molecule has 0 aliphatic carbocycles. The highest BCUT2D eigenvalue weighted by Gasteiger charge is 2.19. The van der Waals surface area contributed by atoms with Crippen LogP contribution in [0.3, 0.4) is 0 Å². The van der Waals surface area contributed by atoms with E-state index >= 15 is 0 Å². The van der Waals surface area contributed by atoms with Crippen molar-refractivity contribution in [1.29, 1.82) is 0 Å². The molecule has 6 heteroatoms. The minimum absolute atomic E-state index is 0.0432. The maximum atomic E-state index is 10.8. The van der Waals surface area contributed by atoms with E-state index in [1.807, 2.05) is 17.8 Å². The van der Waals surface area contributed by atoms with E-state index in [1.54, 1.807) is 0 Å². The Kier molecular flexibility index (Phi) is 4.66. The molecule has 1 aromatic carbocycles. The van der Waals surface area contributed by atoms with Crippen molar-refractivity contribution in [3.05, 3.63) is 35.4 Å². The average Bonchev–Trinajstić information content (AvgIpc) is 2.33. The van der Waals surface area contributed by atoms with Gasteiger partial charge in [-0.15, -0.1) is 0 Å². The smallest absolute Gasteiger partial charge is 0.209 e. The number of benzene rings is 1. The van der Waals surface area contributed by atoms with Crippen molar-refractivity contribution in [2.75, 3.05) is 18.1 Å². The summed E-state index contributed by atoms with van der Waals surface area (Å²) in [6, 6.07) is 8.73. The molecule has 3 N–H and O–H groups in total. The summed E-state index contributed by atoms with van der Waals surface area (Å²) in [5.74, 6) is 2.14. The highest BCUT2D eigenvalue weighted by molar-refractivity contribution is 7.98. The number of nitrogens with one attached hydrogen (secondary N) is 1. The number of nitrogens with two attached hydrogens (primary N) is 1. The summed E-state index contributed by atoms with van der Waals surface area (Å²) in [7, 11) is -3.33. The van der Waals surface area contributed by atoms with Crippen LogP contribution in [0.5, 0.6) is 0 Å². The maximum Gasteiger partial charge on any atom is 0.209 e. The van der Waals surface area contributed by atoms with Gasteiger partial charge in [-0.05, 0) is 24.1 Å². The Morgan fingerprint density at radius 3 is 2.94 bits per heavy atom. The highest BCUT2D eigenvalue weighted by atomic mass is 32.2. The molecule has 1 heterocycles. The topological polar surface area (TPSA) is 72.2 Å². The average molecular weight is 286 g/mol. The minimum atomic E-state index is -3.33. The van der Waals surface area contributed by atoms with Crippen molar-refractivity contribution in [3.63, 3.8) is 0 Å². The van der Waals surface area contributed by atoms with Crippen molar-refractivity contribution < 1.29 is 8.42 Å². The summed E-state index contributed by atoms with van der Waals surface area (Å²) in [5.41, 5.74) is 2.71. The molecule has 2 rings (SSSR count). The van der Waals surface area contributed by atoms with E-state index in [9.17, 15) is 8.42 Å². The van der Waals surface area contributed by atoms with Crippen molar-refractivity contribution in [2.24, 2.45) is 5.14 Å². The summed E-state index contributed by atoms with van der Waals surface area (Å²) < 4.78 is 21.7. The first kappa shape index (κ1) is 13.9. The van der Waals surface area contributed by atoms with Gasteiger partial charge in [0.15, 0.2) is 0 Å². The number of sulfonamides is 1. The summed E-state index contributed by atoms with van der Waals surface area (Å²) in [4.78, 5) is 0. The summed E-state index contributed by atoms with van der Waals surface area (Å²) in [5, 5.41) is 8.38. The maximum absolute atomic E-state index is 10.8. The molecule has 0 saturated carbocycles. The zero-order valence-corrected chi connectivity index (χ0v) is 11.8. The van der Waals surface area contributed by atoms with E-state index in [1.165, 1.54) is 11.1 Å². The van der Waals surface area contributed by atoms with Gasteiger partial charge < -0.3 is 5.32 Å². The first-order chi connectivity index (χ1) is 8.56. The Hall–Kier alpha value is -0.560. The third-order valence-corrected chi connectivity index (χ3v) is 4.91. The molecular weight excluding hydrogens is 268 g/mol. The van der Waals surface area contributed by atoms with Crippen molar-refractivity contribution in [3.8, 4) is 0 Å². The second-order valence-corrected chi connectivity index (χ2v) is 7.21. The molecule has 0 spiro atoms. The largest absolute Gasteiger partial charge is 0.309 e. The fourth-order valence-corrected chi connectivity index (χ4v) is 3.78. The lowest BCUT2D eigenvalue weighted by molar-refractivity contribution is 0.561. The van der Waals surface area contributed by atoms with E-state index in [2.05, 4.69) is 23.5 Å². The van der Waals surface area contributed by atoms with Gasteiger partial charge in [0.1, 0.15) is 0 Å². The van der Waals surface area contributed by atoms with Gasteiger partial charge in [0.25, 0.3) is 0 Å². The first-order valence-electron chi connectivity index (χ1n) is 5.96. The normalized spacial score (nSPS) is 19.5. The fraction of sp³-hybridized carbons (Fsp3) is 0.500. The lowest BCUT2D eigenvalue weighted by Gasteiger charge is -2.26. The fourth-order valence-electron chi connectivity index (χ4n) is 2.10. The molecule has 1 aliphatic rings. The van der Waals surface area contributed by atoms with Crippen LogP contribution >= 0.6 is 11.8 Å². The van der Waals surface area contributed by atoms with E-state index in [-0.39, 0.29) is 5.75 Å². The monoisotopic (exact) mass is 286 g/mol. The zero-order valence-electron chi connectivity index (χ0n) is 10.1. The van der Waals surface area contributed by atoms with E-state index < -0.39 is 10.0 Å². The van der Waals surface area contributed by atoms with Crippen LogP contribution in [0.4, 0.5) is 0 Å². The number of hydrogen-bond acceptors (Lipinski definition) is 4. The number of rotatable bonds is 5. The van der Waals surface area contributed by atoms with Gasteiger partial charge in [-0.3, -0.25) is 0 Å². The molecule has 1 unspecified atom stereocenters. The molecule has 100 valence electrons. The lowest BCUT2D eigenvalue weighted by Crippen LogP contribution is -2.29. The van der Waals surface area contributed by atoms with Crippen LogP contribution in [-0.4, -0.2) is 26.5 Å². The number of thioether (sulfide) groups is 1. The van der Waals surface area contributed by atoms with Crippen LogP contribution < -0.4 is 10.5 Å². The third-order valence-electron chi connectivity index (χ3n) is 2.97. The molecule has 1 atom stereocenters.